The van der Waals surface area contributed by atoms with Crippen LogP contribution in [-0.4, -0.2) is 39.7 Å². The molecular weight excluding hydrogens is 421 g/mol. The Hall–Kier alpha value is -3.78. The van der Waals surface area contributed by atoms with Crippen molar-refractivity contribution in [1.82, 2.24) is 24.8 Å². The molecule has 0 bridgehead atoms. The van der Waals surface area contributed by atoms with E-state index in [2.05, 4.69) is 14.9 Å². The van der Waals surface area contributed by atoms with E-state index in [0.717, 1.165) is 42.9 Å². The van der Waals surface area contributed by atoms with E-state index < -0.39 is 0 Å². The van der Waals surface area contributed by atoms with Gasteiger partial charge in [-0.25, -0.2) is 14.4 Å². The summed E-state index contributed by atoms with van der Waals surface area (Å²) in [5.41, 5.74) is 3.14. The highest BCUT2D eigenvalue weighted by Gasteiger charge is 2.23. The Labute approximate surface area is 191 Å². The van der Waals surface area contributed by atoms with Crippen LogP contribution in [0.15, 0.2) is 67.1 Å². The minimum Gasteiger partial charge on any atom is -0.497 e. The summed E-state index contributed by atoms with van der Waals surface area (Å²) in [5, 5.41) is 3.40. The van der Waals surface area contributed by atoms with Gasteiger partial charge < -0.3 is 19.4 Å². The van der Waals surface area contributed by atoms with Gasteiger partial charge in [0.15, 0.2) is 0 Å². The van der Waals surface area contributed by atoms with Crippen molar-refractivity contribution in [3.8, 4) is 40.2 Å². The average Bonchev–Trinajstić information content (AvgIpc) is 3.31. The lowest BCUT2D eigenvalue weighted by Gasteiger charge is -2.25. The summed E-state index contributed by atoms with van der Waals surface area (Å²) in [6.07, 6.45) is 5.51. The Kier molecular flexibility index (Phi) is 5.99. The van der Waals surface area contributed by atoms with Crippen molar-refractivity contribution in [3.05, 3.63) is 72.9 Å². The van der Waals surface area contributed by atoms with Crippen LogP contribution < -0.4 is 14.8 Å². The second-order valence-corrected chi connectivity index (χ2v) is 7.84. The zero-order valence-electron chi connectivity index (χ0n) is 18.2. The lowest BCUT2D eigenvalue weighted by Crippen LogP contribution is -2.29. The summed E-state index contributed by atoms with van der Waals surface area (Å²) in [6, 6.07) is 16.0. The predicted molar refractivity (Wildman–Crippen MR) is 123 cm³/mol. The van der Waals surface area contributed by atoms with Crippen LogP contribution in [-0.2, 0) is 0 Å². The molecule has 0 aliphatic carbocycles. The fraction of sp³-hybridized carbons (Fsp3) is 0.240. The van der Waals surface area contributed by atoms with Gasteiger partial charge in [0.25, 0.3) is 0 Å². The van der Waals surface area contributed by atoms with Crippen molar-refractivity contribution >= 4 is 0 Å². The summed E-state index contributed by atoms with van der Waals surface area (Å²) in [4.78, 5) is 13.7. The molecule has 1 aliphatic heterocycles. The first kappa shape index (κ1) is 21.1. The van der Waals surface area contributed by atoms with E-state index in [1.54, 1.807) is 31.5 Å². The minimum absolute atomic E-state index is 0.226. The standard InChI is InChI=1S/C25H24FN5O2/c1-32-20-3-2-4-21(15-20)33-25-28-14-11-22(30-25)24-23(17-5-7-18(26)8-6-17)29-16-31(24)19-9-12-27-13-10-19/h2-8,11,14-16,19,27H,9-10,12-13H2,1H3. The Bertz CT molecular complexity index is 1240. The van der Waals surface area contributed by atoms with Gasteiger partial charge in [0.2, 0.25) is 0 Å². The molecule has 0 amide bonds. The third-order valence-corrected chi connectivity index (χ3v) is 5.74. The predicted octanol–water partition coefficient (Wildman–Crippen LogP) is 4.87. The molecule has 5 rings (SSSR count). The summed E-state index contributed by atoms with van der Waals surface area (Å²) in [6.45, 7) is 1.89. The Morgan fingerprint density at radius 2 is 1.79 bits per heavy atom. The Balaban J connectivity index is 1.56. The number of imidazole rings is 1. The van der Waals surface area contributed by atoms with Gasteiger partial charge >= 0.3 is 6.01 Å². The Morgan fingerprint density at radius 3 is 2.58 bits per heavy atom. The normalized spacial score (nSPS) is 14.2. The van der Waals surface area contributed by atoms with E-state index in [4.69, 9.17) is 19.4 Å². The lowest BCUT2D eigenvalue weighted by atomic mass is 10.0. The largest absolute Gasteiger partial charge is 0.497 e. The van der Waals surface area contributed by atoms with Gasteiger partial charge in [0, 0.05) is 23.9 Å². The van der Waals surface area contributed by atoms with Crippen LogP contribution >= 0.6 is 0 Å². The van der Waals surface area contributed by atoms with Crippen molar-refractivity contribution in [2.45, 2.75) is 18.9 Å². The summed E-state index contributed by atoms with van der Waals surface area (Å²) in [7, 11) is 1.61. The van der Waals surface area contributed by atoms with E-state index >= 15 is 0 Å². The van der Waals surface area contributed by atoms with Crippen molar-refractivity contribution < 1.29 is 13.9 Å². The summed E-state index contributed by atoms with van der Waals surface area (Å²) in [5.74, 6) is 0.984. The summed E-state index contributed by atoms with van der Waals surface area (Å²) < 4.78 is 26.9. The molecule has 0 saturated carbocycles. The first-order chi connectivity index (χ1) is 16.2. The Morgan fingerprint density at radius 1 is 1.00 bits per heavy atom. The van der Waals surface area contributed by atoms with Crippen LogP contribution in [0.3, 0.4) is 0 Å². The second kappa shape index (κ2) is 9.38. The zero-order valence-corrected chi connectivity index (χ0v) is 18.2. The van der Waals surface area contributed by atoms with E-state index in [1.807, 2.05) is 30.6 Å². The van der Waals surface area contributed by atoms with Crippen LogP contribution in [0.4, 0.5) is 4.39 Å². The smallest absolute Gasteiger partial charge is 0.322 e. The highest BCUT2D eigenvalue weighted by molar-refractivity contribution is 5.77. The number of halogens is 1. The highest BCUT2D eigenvalue weighted by atomic mass is 19.1. The molecule has 2 aromatic carbocycles. The maximum absolute atomic E-state index is 13.6. The van der Waals surface area contributed by atoms with E-state index in [-0.39, 0.29) is 11.8 Å². The molecule has 0 unspecified atom stereocenters. The number of aromatic nitrogens is 4. The SMILES string of the molecule is COc1cccc(Oc2nccc(-c3c(-c4ccc(F)cc4)ncn3C3CCNCC3)n2)c1. The quantitative estimate of drug-likeness (QED) is 0.456. The van der Waals surface area contributed by atoms with Crippen molar-refractivity contribution in [2.24, 2.45) is 0 Å². The first-order valence-electron chi connectivity index (χ1n) is 10.9. The van der Waals surface area contributed by atoms with Gasteiger partial charge in [-0.1, -0.05) is 6.07 Å². The van der Waals surface area contributed by atoms with Gasteiger partial charge in [-0.05, 0) is 68.4 Å². The lowest BCUT2D eigenvalue weighted by molar-refractivity contribution is 0.370. The molecule has 1 aliphatic rings. The molecule has 168 valence electrons. The molecule has 33 heavy (non-hydrogen) atoms. The average molecular weight is 445 g/mol. The van der Waals surface area contributed by atoms with Crippen LogP contribution in [0.25, 0.3) is 22.6 Å². The minimum atomic E-state index is -0.283. The fourth-order valence-corrected chi connectivity index (χ4v) is 4.09. The molecule has 3 heterocycles. The molecule has 1 saturated heterocycles. The number of hydrogen-bond donors (Lipinski definition) is 1. The molecule has 1 N–H and O–H groups in total. The first-order valence-corrected chi connectivity index (χ1v) is 10.9. The molecular formula is C25H24FN5O2. The van der Waals surface area contributed by atoms with Crippen LogP contribution in [0.5, 0.6) is 17.5 Å². The van der Waals surface area contributed by atoms with Gasteiger partial charge in [0.1, 0.15) is 17.3 Å². The third-order valence-electron chi connectivity index (χ3n) is 5.74. The number of methoxy groups -OCH3 is 1. The molecule has 2 aromatic heterocycles. The number of nitrogens with zero attached hydrogens (tertiary/aromatic N) is 4. The maximum Gasteiger partial charge on any atom is 0.322 e. The molecule has 4 aromatic rings. The molecule has 0 spiro atoms. The highest BCUT2D eigenvalue weighted by Crippen LogP contribution is 2.35. The van der Waals surface area contributed by atoms with Gasteiger partial charge in [-0.3, -0.25) is 0 Å². The van der Waals surface area contributed by atoms with Crippen LogP contribution in [0, 0.1) is 5.82 Å². The van der Waals surface area contributed by atoms with E-state index in [0.29, 0.717) is 23.2 Å². The zero-order chi connectivity index (χ0) is 22.6. The monoisotopic (exact) mass is 445 g/mol. The van der Waals surface area contributed by atoms with E-state index in [9.17, 15) is 4.39 Å². The van der Waals surface area contributed by atoms with E-state index in [1.165, 1.54) is 12.1 Å². The van der Waals surface area contributed by atoms with Crippen molar-refractivity contribution in [1.29, 1.82) is 0 Å². The fourth-order valence-electron chi connectivity index (χ4n) is 4.09. The number of hydrogen-bond acceptors (Lipinski definition) is 6. The maximum atomic E-state index is 13.6. The van der Waals surface area contributed by atoms with Gasteiger partial charge in [0.05, 0.1) is 30.5 Å². The molecule has 0 atom stereocenters. The summed E-state index contributed by atoms with van der Waals surface area (Å²) >= 11 is 0. The topological polar surface area (TPSA) is 74.1 Å². The number of piperidine rings is 1. The number of nitrogens with one attached hydrogen (secondary N) is 1. The number of benzene rings is 2. The van der Waals surface area contributed by atoms with Gasteiger partial charge in [-0.15, -0.1) is 0 Å². The second-order valence-electron chi connectivity index (χ2n) is 7.84. The van der Waals surface area contributed by atoms with Crippen molar-refractivity contribution in [2.75, 3.05) is 20.2 Å². The van der Waals surface area contributed by atoms with Gasteiger partial charge in [-0.2, -0.15) is 4.98 Å². The van der Waals surface area contributed by atoms with Crippen LogP contribution in [0.2, 0.25) is 0 Å². The van der Waals surface area contributed by atoms with Crippen LogP contribution in [0.1, 0.15) is 18.9 Å². The van der Waals surface area contributed by atoms with Crippen molar-refractivity contribution in [3.63, 3.8) is 0 Å². The molecule has 1 fully saturated rings. The molecule has 0 radical (unpaired) electrons. The number of rotatable bonds is 6. The number of ether oxygens (including phenoxy) is 2. The molecule has 7 nitrogen and oxygen atoms in total. The molecule has 8 heteroatoms. The third kappa shape index (κ3) is 4.56.